The maximum Gasteiger partial charge on any atom is 0.356 e. The van der Waals surface area contributed by atoms with Gasteiger partial charge in [0.25, 0.3) is 5.19 Å². The molecule has 6 nitrogen and oxygen atoms in total. The highest BCUT2D eigenvalue weighted by atomic mass is 32.1. The number of carboxylic acid groups (broad SMARTS) is 1. The fourth-order valence-corrected chi connectivity index (χ4v) is 1.57. The summed E-state index contributed by atoms with van der Waals surface area (Å²) in [5.74, 6) is -1.06. The summed E-state index contributed by atoms with van der Waals surface area (Å²) < 4.78 is 6.24. The first-order chi connectivity index (χ1) is 6.20. The molecule has 2 aromatic heterocycles. The van der Waals surface area contributed by atoms with Crippen LogP contribution in [0, 0.1) is 0 Å². The third kappa shape index (κ3) is 1.22. The lowest BCUT2D eigenvalue weighted by Crippen LogP contribution is -1.95. The molecule has 0 amide bonds. The molecule has 0 radical (unpaired) electrons. The van der Waals surface area contributed by atoms with Crippen LogP contribution in [0.3, 0.4) is 0 Å². The van der Waals surface area contributed by atoms with E-state index in [1.165, 1.54) is 29.2 Å². The number of ether oxygens (including phenoxy) is 1. The molecular weight excluding hydrogens is 194 g/mol. The van der Waals surface area contributed by atoms with Crippen LogP contribution in [-0.2, 0) is 0 Å². The molecule has 0 unspecified atom stereocenters. The van der Waals surface area contributed by atoms with E-state index in [4.69, 9.17) is 9.84 Å². The summed E-state index contributed by atoms with van der Waals surface area (Å²) in [7, 11) is 1.50. The second-order valence-corrected chi connectivity index (χ2v) is 3.15. The Kier molecular flexibility index (Phi) is 1.66. The number of aromatic nitrogens is 3. The van der Waals surface area contributed by atoms with Gasteiger partial charge in [-0.05, 0) is 11.3 Å². The number of carbonyl (C=O) groups is 1. The Hall–Kier alpha value is -1.63. The molecule has 0 aliphatic heterocycles. The minimum atomic E-state index is -1.06. The summed E-state index contributed by atoms with van der Waals surface area (Å²) in [6, 6.07) is 0. The zero-order valence-corrected chi connectivity index (χ0v) is 7.41. The first kappa shape index (κ1) is 7.99. The molecule has 7 heteroatoms. The van der Waals surface area contributed by atoms with E-state index < -0.39 is 5.97 Å². The van der Waals surface area contributed by atoms with Crippen LogP contribution in [0.25, 0.3) is 4.96 Å². The largest absolute Gasteiger partial charge is 0.476 e. The summed E-state index contributed by atoms with van der Waals surface area (Å²) in [5, 5.41) is 13.0. The van der Waals surface area contributed by atoms with Crippen LogP contribution in [0.2, 0.25) is 0 Å². The Balaban J connectivity index is 2.54. The number of hydrogen-bond donors (Lipinski definition) is 1. The molecule has 0 saturated carbocycles. The average molecular weight is 199 g/mol. The molecule has 2 aromatic rings. The Labute approximate surface area is 76.4 Å². The summed E-state index contributed by atoms with van der Waals surface area (Å²) in [4.78, 5) is 14.8. The Bertz CT molecular complexity index is 429. The molecule has 0 atom stereocenters. The zero-order valence-electron chi connectivity index (χ0n) is 6.59. The molecule has 0 fully saturated rings. The SMILES string of the molecule is COc1nn2cc(C(=O)O)nc2s1. The minimum Gasteiger partial charge on any atom is -0.476 e. The molecule has 1 N–H and O–H groups in total. The van der Waals surface area contributed by atoms with E-state index in [0.29, 0.717) is 10.2 Å². The van der Waals surface area contributed by atoms with Crippen molar-refractivity contribution in [2.75, 3.05) is 7.11 Å². The van der Waals surface area contributed by atoms with E-state index in [0.717, 1.165) is 0 Å². The van der Waals surface area contributed by atoms with Gasteiger partial charge in [-0.15, -0.1) is 5.10 Å². The van der Waals surface area contributed by atoms with Gasteiger partial charge in [0.1, 0.15) is 0 Å². The highest BCUT2D eigenvalue weighted by Crippen LogP contribution is 2.20. The molecular formula is C6H5N3O3S. The lowest BCUT2D eigenvalue weighted by atomic mass is 10.5. The highest BCUT2D eigenvalue weighted by molar-refractivity contribution is 7.18. The number of hydrogen-bond acceptors (Lipinski definition) is 5. The van der Waals surface area contributed by atoms with Crippen LogP contribution in [0.4, 0.5) is 0 Å². The quantitative estimate of drug-likeness (QED) is 0.762. The second kappa shape index (κ2) is 2.70. The van der Waals surface area contributed by atoms with Crippen molar-refractivity contribution in [3.63, 3.8) is 0 Å². The van der Waals surface area contributed by atoms with Crippen molar-refractivity contribution in [3.8, 4) is 5.19 Å². The molecule has 68 valence electrons. The van der Waals surface area contributed by atoms with E-state index in [-0.39, 0.29) is 5.69 Å². The third-order valence-electron chi connectivity index (χ3n) is 1.42. The highest BCUT2D eigenvalue weighted by Gasteiger charge is 2.12. The van der Waals surface area contributed by atoms with Gasteiger partial charge < -0.3 is 9.84 Å². The van der Waals surface area contributed by atoms with Gasteiger partial charge in [-0.1, -0.05) is 0 Å². The van der Waals surface area contributed by atoms with Crippen LogP contribution in [0.1, 0.15) is 10.5 Å². The molecule has 0 aromatic carbocycles. The Morgan fingerprint density at radius 3 is 3.08 bits per heavy atom. The lowest BCUT2D eigenvalue weighted by Gasteiger charge is -1.85. The first-order valence-corrected chi connectivity index (χ1v) is 4.16. The van der Waals surface area contributed by atoms with Crippen molar-refractivity contribution >= 4 is 22.3 Å². The van der Waals surface area contributed by atoms with Crippen LogP contribution in [0.5, 0.6) is 5.19 Å². The Morgan fingerprint density at radius 1 is 1.77 bits per heavy atom. The van der Waals surface area contributed by atoms with E-state index in [9.17, 15) is 4.79 Å². The number of imidazole rings is 1. The normalized spacial score (nSPS) is 10.5. The van der Waals surface area contributed by atoms with Gasteiger partial charge in [0.15, 0.2) is 5.69 Å². The molecule has 0 aliphatic carbocycles. The van der Waals surface area contributed by atoms with Crippen molar-refractivity contribution in [3.05, 3.63) is 11.9 Å². The first-order valence-electron chi connectivity index (χ1n) is 3.34. The predicted molar refractivity (Wildman–Crippen MR) is 44.4 cm³/mol. The molecule has 0 bridgehead atoms. The average Bonchev–Trinajstić information content (AvgIpc) is 2.58. The van der Waals surface area contributed by atoms with E-state index in [1.807, 2.05) is 0 Å². The molecule has 0 spiro atoms. The van der Waals surface area contributed by atoms with Crippen molar-refractivity contribution < 1.29 is 14.6 Å². The van der Waals surface area contributed by atoms with Crippen LogP contribution in [0.15, 0.2) is 6.20 Å². The van der Waals surface area contributed by atoms with Crippen LogP contribution in [-0.4, -0.2) is 32.8 Å². The van der Waals surface area contributed by atoms with Gasteiger partial charge in [0, 0.05) is 0 Å². The summed E-state index contributed by atoms with van der Waals surface area (Å²) >= 11 is 1.19. The fraction of sp³-hybridized carbons (Fsp3) is 0.167. The number of carboxylic acids is 1. The van der Waals surface area contributed by atoms with Crippen molar-refractivity contribution in [1.29, 1.82) is 0 Å². The fourth-order valence-electron chi connectivity index (χ4n) is 0.867. The monoisotopic (exact) mass is 199 g/mol. The standard InChI is InChI=1S/C6H5N3O3S/c1-12-6-8-9-2-3(4(10)11)7-5(9)13-6/h2H,1H3,(H,10,11). The number of rotatable bonds is 2. The van der Waals surface area contributed by atoms with Crippen LogP contribution >= 0.6 is 11.3 Å². The maximum absolute atomic E-state index is 10.5. The van der Waals surface area contributed by atoms with Crippen molar-refractivity contribution in [2.24, 2.45) is 0 Å². The van der Waals surface area contributed by atoms with Gasteiger partial charge in [-0.3, -0.25) is 0 Å². The van der Waals surface area contributed by atoms with E-state index in [2.05, 4.69) is 10.1 Å². The Morgan fingerprint density at radius 2 is 2.54 bits per heavy atom. The van der Waals surface area contributed by atoms with Crippen LogP contribution < -0.4 is 4.74 Å². The third-order valence-corrected chi connectivity index (χ3v) is 2.30. The smallest absolute Gasteiger partial charge is 0.356 e. The van der Waals surface area contributed by atoms with Gasteiger partial charge in [0.05, 0.1) is 13.3 Å². The topological polar surface area (TPSA) is 76.7 Å². The van der Waals surface area contributed by atoms with E-state index >= 15 is 0 Å². The number of methoxy groups -OCH3 is 1. The van der Waals surface area contributed by atoms with Crippen molar-refractivity contribution in [1.82, 2.24) is 14.6 Å². The molecule has 2 heterocycles. The maximum atomic E-state index is 10.5. The summed E-state index contributed by atoms with van der Waals surface area (Å²) in [5.41, 5.74) is -0.0126. The van der Waals surface area contributed by atoms with Gasteiger partial charge in [-0.25, -0.2) is 14.3 Å². The number of fused-ring (bicyclic) bond motifs is 1. The van der Waals surface area contributed by atoms with Gasteiger partial charge in [0.2, 0.25) is 4.96 Å². The van der Waals surface area contributed by atoms with Gasteiger partial charge in [-0.2, -0.15) is 0 Å². The second-order valence-electron chi connectivity index (χ2n) is 2.23. The summed E-state index contributed by atoms with van der Waals surface area (Å²) in [6.07, 6.45) is 1.34. The zero-order chi connectivity index (χ0) is 9.42. The molecule has 13 heavy (non-hydrogen) atoms. The lowest BCUT2D eigenvalue weighted by molar-refractivity contribution is 0.0691. The van der Waals surface area contributed by atoms with E-state index in [1.54, 1.807) is 0 Å². The summed E-state index contributed by atoms with van der Waals surface area (Å²) in [6.45, 7) is 0. The minimum absolute atomic E-state index is 0.0126. The number of nitrogens with zero attached hydrogens (tertiary/aromatic N) is 3. The predicted octanol–water partition coefficient (Wildman–Crippen LogP) is 0.498. The van der Waals surface area contributed by atoms with Crippen molar-refractivity contribution in [2.45, 2.75) is 0 Å². The molecule has 0 saturated heterocycles. The molecule has 2 rings (SSSR count). The van der Waals surface area contributed by atoms with Gasteiger partial charge >= 0.3 is 5.97 Å². The number of aromatic carboxylic acids is 1. The molecule has 0 aliphatic rings.